The lowest BCUT2D eigenvalue weighted by Crippen LogP contribution is -2.29. The third-order valence-corrected chi connectivity index (χ3v) is 4.93. The van der Waals surface area contributed by atoms with Gasteiger partial charge in [0.05, 0.1) is 0 Å². The molecule has 2 heteroatoms. The van der Waals surface area contributed by atoms with Crippen LogP contribution >= 0.6 is 11.3 Å². The molecule has 0 aliphatic heterocycles. The second-order valence-corrected chi connectivity index (χ2v) is 6.39. The molecule has 96 valence electrons. The van der Waals surface area contributed by atoms with E-state index in [4.69, 9.17) is 0 Å². The van der Waals surface area contributed by atoms with Gasteiger partial charge in [0.25, 0.3) is 0 Å². The Morgan fingerprint density at radius 1 is 1.29 bits per heavy atom. The zero-order chi connectivity index (χ0) is 11.9. The molecule has 1 atom stereocenters. The molecule has 0 radical (unpaired) electrons. The van der Waals surface area contributed by atoms with Crippen molar-refractivity contribution in [1.29, 1.82) is 0 Å². The summed E-state index contributed by atoms with van der Waals surface area (Å²) in [5.74, 6) is 0.968. The summed E-state index contributed by atoms with van der Waals surface area (Å²) in [7, 11) is 2.12. The smallest absolute Gasteiger partial charge is 0.0115 e. The number of rotatable bonds is 5. The largest absolute Gasteiger partial charge is 0.317 e. The summed E-state index contributed by atoms with van der Waals surface area (Å²) >= 11 is 1.89. The van der Waals surface area contributed by atoms with Crippen molar-refractivity contribution in [3.8, 4) is 0 Å². The van der Waals surface area contributed by atoms with E-state index in [2.05, 4.69) is 29.9 Å². The molecule has 17 heavy (non-hydrogen) atoms. The maximum absolute atomic E-state index is 3.51. The van der Waals surface area contributed by atoms with Crippen molar-refractivity contribution >= 4 is 11.3 Å². The summed E-state index contributed by atoms with van der Waals surface area (Å²) in [6.45, 7) is 0. The lowest BCUT2D eigenvalue weighted by Gasteiger charge is -2.21. The summed E-state index contributed by atoms with van der Waals surface area (Å²) in [5, 5.41) is 5.70. The van der Waals surface area contributed by atoms with Crippen molar-refractivity contribution in [2.75, 3.05) is 7.05 Å². The summed E-state index contributed by atoms with van der Waals surface area (Å²) in [4.78, 5) is 1.53. The van der Waals surface area contributed by atoms with E-state index in [0.29, 0.717) is 6.04 Å². The maximum atomic E-state index is 3.51. The Bertz CT molecular complexity index is 286. The second-order valence-electron chi connectivity index (χ2n) is 5.36. The molecule has 1 saturated carbocycles. The average Bonchev–Trinajstić information content (AvgIpc) is 2.71. The first kappa shape index (κ1) is 13.1. The highest BCUT2D eigenvalue weighted by Crippen LogP contribution is 2.27. The molecular weight excluding hydrogens is 226 g/mol. The van der Waals surface area contributed by atoms with Gasteiger partial charge in [-0.15, -0.1) is 11.3 Å². The zero-order valence-electron chi connectivity index (χ0n) is 11.0. The molecule has 0 aromatic carbocycles. The van der Waals surface area contributed by atoms with Gasteiger partial charge >= 0.3 is 0 Å². The van der Waals surface area contributed by atoms with Crippen molar-refractivity contribution in [3.05, 3.63) is 22.4 Å². The van der Waals surface area contributed by atoms with Crippen LogP contribution in [0.25, 0.3) is 0 Å². The Kier molecular flexibility index (Phi) is 5.53. The van der Waals surface area contributed by atoms with Gasteiger partial charge in [-0.25, -0.2) is 0 Å². The van der Waals surface area contributed by atoms with Gasteiger partial charge in [0, 0.05) is 10.9 Å². The molecular formula is C15H25NS. The fourth-order valence-electron chi connectivity index (χ4n) is 2.98. The molecule has 0 amide bonds. The first-order valence-electron chi connectivity index (χ1n) is 7.08. The standard InChI is InChI=1S/C15H25NS/c1-16-14(12-15-9-6-10-17-15)11-13-7-4-2-3-5-8-13/h6,9-10,13-14,16H,2-5,7-8,11-12H2,1H3. The minimum atomic E-state index is 0.678. The Labute approximate surface area is 110 Å². The molecule has 1 fully saturated rings. The van der Waals surface area contributed by atoms with E-state index in [-0.39, 0.29) is 0 Å². The normalized spacial score (nSPS) is 20.1. The molecule has 1 nitrogen and oxygen atoms in total. The molecule has 1 aromatic rings. The van der Waals surface area contributed by atoms with Crippen molar-refractivity contribution in [2.45, 2.75) is 57.4 Å². The van der Waals surface area contributed by atoms with Crippen LogP contribution in [0.15, 0.2) is 17.5 Å². The summed E-state index contributed by atoms with van der Waals surface area (Å²) in [6, 6.07) is 5.11. The molecule has 1 N–H and O–H groups in total. The molecule has 1 unspecified atom stereocenters. The molecule has 0 saturated heterocycles. The van der Waals surface area contributed by atoms with Crippen LogP contribution in [0.5, 0.6) is 0 Å². The molecule has 1 heterocycles. The third-order valence-electron chi connectivity index (χ3n) is 4.03. The van der Waals surface area contributed by atoms with E-state index >= 15 is 0 Å². The van der Waals surface area contributed by atoms with E-state index in [1.807, 2.05) is 11.3 Å². The van der Waals surface area contributed by atoms with Gasteiger partial charge < -0.3 is 5.32 Å². The SMILES string of the molecule is CNC(Cc1cccs1)CC1CCCCCC1. The fraction of sp³-hybridized carbons (Fsp3) is 0.733. The van der Waals surface area contributed by atoms with Gasteiger partial charge in [0.2, 0.25) is 0 Å². The molecule has 2 rings (SSSR count). The van der Waals surface area contributed by atoms with E-state index in [0.717, 1.165) is 5.92 Å². The van der Waals surface area contributed by atoms with E-state index in [9.17, 15) is 0 Å². The molecule has 0 bridgehead atoms. The summed E-state index contributed by atoms with van der Waals surface area (Å²) in [6.07, 6.45) is 11.3. The second kappa shape index (κ2) is 7.17. The van der Waals surface area contributed by atoms with Crippen molar-refractivity contribution in [1.82, 2.24) is 5.32 Å². The molecule has 1 aliphatic carbocycles. The van der Waals surface area contributed by atoms with Crippen molar-refractivity contribution < 1.29 is 0 Å². The van der Waals surface area contributed by atoms with Crippen LogP contribution < -0.4 is 5.32 Å². The van der Waals surface area contributed by atoms with Crippen molar-refractivity contribution in [2.24, 2.45) is 5.92 Å². The van der Waals surface area contributed by atoms with Crippen LogP contribution in [-0.4, -0.2) is 13.1 Å². The van der Waals surface area contributed by atoms with Crippen LogP contribution in [0.3, 0.4) is 0 Å². The van der Waals surface area contributed by atoms with Crippen molar-refractivity contribution in [3.63, 3.8) is 0 Å². The highest BCUT2D eigenvalue weighted by molar-refractivity contribution is 7.09. The Morgan fingerprint density at radius 2 is 2.06 bits per heavy atom. The van der Waals surface area contributed by atoms with Gasteiger partial charge in [-0.2, -0.15) is 0 Å². The van der Waals surface area contributed by atoms with Gasteiger partial charge in [0.1, 0.15) is 0 Å². The number of likely N-dealkylation sites (N-methyl/N-ethyl adjacent to an activating group) is 1. The summed E-state index contributed by atoms with van der Waals surface area (Å²) < 4.78 is 0. The lowest BCUT2D eigenvalue weighted by atomic mass is 9.91. The maximum Gasteiger partial charge on any atom is 0.0115 e. The monoisotopic (exact) mass is 251 g/mol. The van der Waals surface area contributed by atoms with Crippen LogP contribution in [0.4, 0.5) is 0 Å². The van der Waals surface area contributed by atoms with Gasteiger partial charge in [0.15, 0.2) is 0 Å². The summed E-state index contributed by atoms with van der Waals surface area (Å²) in [5.41, 5.74) is 0. The highest BCUT2D eigenvalue weighted by atomic mass is 32.1. The molecule has 0 spiro atoms. The van der Waals surface area contributed by atoms with Crippen LogP contribution in [0.1, 0.15) is 49.8 Å². The molecule has 1 aliphatic rings. The van der Waals surface area contributed by atoms with Gasteiger partial charge in [-0.1, -0.05) is 44.6 Å². The highest BCUT2D eigenvalue weighted by Gasteiger charge is 2.17. The van der Waals surface area contributed by atoms with Crippen LogP contribution in [-0.2, 0) is 6.42 Å². The van der Waals surface area contributed by atoms with E-state index in [1.54, 1.807) is 0 Å². The van der Waals surface area contributed by atoms with E-state index < -0.39 is 0 Å². The zero-order valence-corrected chi connectivity index (χ0v) is 11.8. The third kappa shape index (κ3) is 4.44. The Balaban J connectivity index is 1.81. The Morgan fingerprint density at radius 3 is 2.65 bits per heavy atom. The fourth-order valence-corrected chi connectivity index (χ4v) is 3.76. The number of nitrogens with one attached hydrogen (secondary N) is 1. The first-order chi connectivity index (χ1) is 8.38. The van der Waals surface area contributed by atoms with Gasteiger partial charge in [-0.3, -0.25) is 0 Å². The Hall–Kier alpha value is -0.340. The molecule has 1 aromatic heterocycles. The van der Waals surface area contributed by atoms with Crippen LogP contribution in [0.2, 0.25) is 0 Å². The predicted octanol–water partition coefficient (Wildman–Crippen LogP) is 4.24. The predicted molar refractivity (Wildman–Crippen MR) is 76.7 cm³/mol. The first-order valence-corrected chi connectivity index (χ1v) is 7.96. The minimum Gasteiger partial charge on any atom is -0.317 e. The van der Waals surface area contributed by atoms with Gasteiger partial charge in [-0.05, 0) is 37.3 Å². The minimum absolute atomic E-state index is 0.678. The number of hydrogen-bond donors (Lipinski definition) is 1. The average molecular weight is 251 g/mol. The van der Waals surface area contributed by atoms with E-state index in [1.165, 1.54) is 56.2 Å². The van der Waals surface area contributed by atoms with Crippen LogP contribution in [0, 0.1) is 5.92 Å². The number of hydrogen-bond acceptors (Lipinski definition) is 2. The topological polar surface area (TPSA) is 12.0 Å². The number of thiophene rings is 1. The lowest BCUT2D eigenvalue weighted by molar-refractivity contribution is 0.362. The quantitative estimate of drug-likeness (QED) is 0.772.